The Morgan fingerprint density at radius 2 is 1.82 bits per heavy atom. The number of amides is 1. The fourth-order valence-corrected chi connectivity index (χ4v) is 7.10. The second kappa shape index (κ2) is 11.3. The molecule has 1 fully saturated rings. The number of nitrogens with zero attached hydrogens (tertiary/aromatic N) is 5. The molecule has 0 spiro atoms. The molecule has 0 N–H and O–H groups in total. The number of carbonyl (C=O) groups excluding carboxylic acids is 1. The molecule has 0 saturated carbocycles. The highest BCUT2D eigenvalue weighted by Gasteiger charge is 2.27. The maximum atomic E-state index is 13.6. The lowest BCUT2D eigenvalue weighted by Gasteiger charge is -2.20. The van der Waals surface area contributed by atoms with Crippen molar-refractivity contribution in [2.24, 2.45) is 5.10 Å². The number of thiazole rings is 1. The van der Waals surface area contributed by atoms with Crippen LogP contribution in [0.4, 0.5) is 11.0 Å². The summed E-state index contributed by atoms with van der Waals surface area (Å²) in [7, 11) is -3.68. The summed E-state index contributed by atoms with van der Waals surface area (Å²) in [6, 6.07) is 13.8. The zero-order valence-electron chi connectivity index (χ0n) is 20.4. The largest absolute Gasteiger partial charge is 0.433 e. The fourth-order valence-electron chi connectivity index (χ4n) is 4.11. The number of furan rings is 1. The zero-order chi connectivity index (χ0) is 27.6. The van der Waals surface area contributed by atoms with Gasteiger partial charge < -0.3 is 4.42 Å². The Balaban J connectivity index is 1.46. The average molecular weight is 633 g/mol. The van der Waals surface area contributed by atoms with Crippen LogP contribution in [0.5, 0.6) is 0 Å². The quantitative estimate of drug-likeness (QED) is 0.142. The number of hydrazone groups is 1. The highest BCUT2D eigenvalue weighted by atomic mass is 79.9. The molecular weight excluding hydrogens is 610 g/mol. The number of halogens is 1. The lowest BCUT2D eigenvalue weighted by molar-refractivity contribution is -0.402. The molecule has 4 aromatic rings. The second-order valence-corrected chi connectivity index (χ2v) is 12.6. The Labute approximate surface area is 236 Å². The van der Waals surface area contributed by atoms with Crippen LogP contribution in [0, 0.1) is 10.1 Å². The van der Waals surface area contributed by atoms with E-state index in [9.17, 15) is 23.3 Å². The Morgan fingerprint density at radius 3 is 2.49 bits per heavy atom. The third-order valence-corrected chi connectivity index (χ3v) is 9.51. The fraction of sp³-hybridized carbons (Fsp3) is 0.240. The predicted molar refractivity (Wildman–Crippen MR) is 151 cm³/mol. The van der Waals surface area contributed by atoms with Crippen molar-refractivity contribution in [1.29, 1.82) is 0 Å². The molecule has 39 heavy (non-hydrogen) atoms. The van der Waals surface area contributed by atoms with E-state index < -0.39 is 26.7 Å². The van der Waals surface area contributed by atoms with Gasteiger partial charge in [-0.15, -0.1) is 0 Å². The van der Waals surface area contributed by atoms with Crippen LogP contribution in [0.1, 0.15) is 41.8 Å². The molecule has 0 unspecified atom stereocenters. The summed E-state index contributed by atoms with van der Waals surface area (Å²) in [5, 5.41) is 16.5. The van der Waals surface area contributed by atoms with Gasteiger partial charge in [0, 0.05) is 23.1 Å². The van der Waals surface area contributed by atoms with Gasteiger partial charge in [-0.05, 0) is 61.4 Å². The van der Waals surface area contributed by atoms with Crippen LogP contribution in [0.25, 0.3) is 10.2 Å². The van der Waals surface area contributed by atoms with Gasteiger partial charge in [-0.1, -0.05) is 40.1 Å². The summed E-state index contributed by atoms with van der Waals surface area (Å²) in [5.74, 6) is -0.952. The smallest absolute Gasteiger partial charge is 0.400 e. The van der Waals surface area contributed by atoms with Gasteiger partial charge >= 0.3 is 5.88 Å². The molecule has 14 heteroatoms. The lowest BCUT2D eigenvalue weighted by atomic mass is 10.2. The van der Waals surface area contributed by atoms with Gasteiger partial charge in [-0.2, -0.15) is 14.4 Å². The predicted octanol–water partition coefficient (Wildman–Crippen LogP) is 5.81. The number of anilines is 1. The first-order valence-electron chi connectivity index (χ1n) is 12.0. The molecule has 0 atom stereocenters. The molecule has 5 rings (SSSR count). The van der Waals surface area contributed by atoms with Crippen LogP contribution in [-0.4, -0.2) is 47.8 Å². The Hall–Kier alpha value is -3.46. The van der Waals surface area contributed by atoms with Gasteiger partial charge in [0.1, 0.15) is 4.92 Å². The van der Waals surface area contributed by atoms with E-state index in [0.29, 0.717) is 18.6 Å². The summed E-state index contributed by atoms with van der Waals surface area (Å²) < 4.78 is 34.6. The van der Waals surface area contributed by atoms with Crippen molar-refractivity contribution in [3.8, 4) is 0 Å². The van der Waals surface area contributed by atoms with Crippen LogP contribution in [0.2, 0.25) is 0 Å². The van der Waals surface area contributed by atoms with Gasteiger partial charge in [0.15, 0.2) is 5.76 Å². The minimum atomic E-state index is -3.68. The highest BCUT2D eigenvalue weighted by Crippen LogP contribution is 2.32. The first-order valence-corrected chi connectivity index (χ1v) is 15.1. The van der Waals surface area contributed by atoms with Crippen molar-refractivity contribution in [3.05, 3.63) is 80.5 Å². The van der Waals surface area contributed by atoms with Crippen molar-refractivity contribution < 1.29 is 22.6 Å². The van der Waals surface area contributed by atoms with Crippen LogP contribution < -0.4 is 5.01 Å². The molecule has 1 aliphatic heterocycles. The summed E-state index contributed by atoms with van der Waals surface area (Å²) in [6.45, 7) is 0.953. The standard InChI is InChI=1S/C25H22BrN5O6S2/c26-18-7-11-21-22(15-18)38-25(28-21)30(27-16-19-8-12-23(37-19)31(33)34)24(32)17-5-9-20(10-6-17)39(35,36)29-13-3-1-2-4-14-29/h5-12,15-16H,1-4,13-14H2/b27-16+. The van der Waals surface area contributed by atoms with E-state index in [1.165, 1.54) is 58.3 Å². The number of hydrogen-bond acceptors (Lipinski definition) is 9. The summed E-state index contributed by atoms with van der Waals surface area (Å²) in [5.41, 5.74) is 0.839. The molecule has 0 bridgehead atoms. The second-order valence-electron chi connectivity index (χ2n) is 8.75. The van der Waals surface area contributed by atoms with E-state index in [-0.39, 0.29) is 21.4 Å². The molecule has 0 aliphatic carbocycles. The number of hydrogen-bond donors (Lipinski definition) is 0. The Morgan fingerprint density at radius 1 is 1.10 bits per heavy atom. The molecular formula is C25H22BrN5O6S2. The van der Waals surface area contributed by atoms with Crippen molar-refractivity contribution in [1.82, 2.24) is 9.29 Å². The van der Waals surface area contributed by atoms with Crippen LogP contribution >= 0.6 is 27.3 Å². The molecule has 2 aromatic heterocycles. The summed E-state index contributed by atoms with van der Waals surface area (Å²) in [4.78, 5) is 28.5. The number of rotatable bonds is 7. The van der Waals surface area contributed by atoms with E-state index >= 15 is 0 Å². The molecule has 1 saturated heterocycles. The number of nitro groups is 1. The molecule has 1 amide bonds. The van der Waals surface area contributed by atoms with Crippen molar-refractivity contribution in [2.45, 2.75) is 30.6 Å². The maximum Gasteiger partial charge on any atom is 0.433 e. The van der Waals surface area contributed by atoms with Gasteiger partial charge in [-0.25, -0.2) is 13.4 Å². The van der Waals surface area contributed by atoms with Crippen molar-refractivity contribution >= 4 is 70.6 Å². The van der Waals surface area contributed by atoms with Crippen LogP contribution in [-0.2, 0) is 10.0 Å². The third-order valence-electron chi connectivity index (χ3n) is 6.11. The van der Waals surface area contributed by atoms with E-state index in [4.69, 9.17) is 4.42 Å². The minimum Gasteiger partial charge on any atom is -0.400 e. The molecule has 1 aliphatic rings. The number of benzene rings is 2. The van der Waals surface area contributed by atoms with Gasteiger partial charge in [0.25, 0.3) is 5.91 Å². The first-order chi connectivity index (χ1) is 18.7. The van der Waals surface area contributed by atoms with E-state index in [0.717, 1.165) is 39.9 Å². The number of fused-ring (bicyclic) bond motifs is 1. The monoisotopic (exact) mass is 631 g/mol. The maximum absolute atomic E-state index is 13.6. The Kier molecular flexibility index (Phi) is 7.88. The number of sulfonamides is 1. The topological polar surface area (TPSA) is 139 Å². The summed E-state index contributed by atoms with van der Waals surface area (Å²) >= 11 is 4.65. The van der Waals surface area contributed by atoms with E-state index in [2.05, 4.69) is 26.0 Å². The Bertz CT molecular complexity index is 1660. The van der Waals surface area contributed by atoms with Gasteiger partial charge in [0.05, 0.1) is 27.4 Å². The van der Waals surface area contributed by atoms with E-state index in [1.807, 2.05) is 12.1 Å². The van der Waals surface area contributed by atoms with Gasteiger partial charge in [0.2, 0.25) is 15.2 Å². The minimum absolute atomic E-state index is 0.0715. The van der Waals surface area contributed by atoms with Crippen LogP contribution in [0.3, 0.4) is 0 Å². The third kappa shape index (κ3) is 5.93. The number of aromatic nitrogens is 1. The average Bonchev–Trinajstić information content (AvgIpc) is 3.47. The molecule has 0 radical (unpaired) electrons. The highest BCUT2D eigenvalue weighted by molar-refractivity contribution is 9.10. The van der Waals surface area contributed by atoms with Crippen molar-refractivity contribution in [2.75, 3.05) is 18.1 Å². The molecule has 2 aromatic carbocycles. The SMILES string of the molecule is O=C(c1ccc(S(=O)(=O)N2CCCCCC2)cc1)N(/N=C/c1ccc([N+](=O)[O-])o1)c1nc2ccc(Br)cc2s1. The normalized spacial score (nSPS) is 15.0. The van der Waals surface area contributed by atoms with Crippen molar-refractivity contribution in [3.63, 3.8) is 0 Å². The molecule has 3 heterocycles. The van der Waals surface area contributed by atoms with Gasteiger partial charge in [-0.3, -0.25) is 14.9 Å². The first kappa shape index (κ1) is 27.1. The number of carbonyl (C=O) groups is 1. The molecule has 11 nitrogen and oxygen atoms in total. The van der Waals surface area contributed by atoms with E-state index in [1.54, 1.807) is 6.07 Å². The summed E-state index contributed by atoms with van der Waals surface area (Å²) in [6.07, 6.45) is 4.83. The van der Waals surface area contributed by atoms with Crippen LogP contribution in [0.15, 0.2) is 73.5 Å². The molecule has 202 valence electrons. The zero-order valence-corrected chi connectivity index (χ0v) is 23.6. The lowest BCUT2D eigenvalue weighted by Crippen LogP contribution is -2.32.